The van der Waals surface area contributed by atoms with Crippen LogP contribution in [-0.4, -0.2) is 20.1 Å². The number of phenols is 1. The van der Waals surface area contributed by atoms with Gasteiger partial charge in [0.2, 0.25) is 0 Å². The molecule has 1 heterocycles. The number of aromatic hydroxyl groups is 1. The summed E-state index contributed by atoms with van der Waals surface area (Å²) in [6, 6.07) is 17.3. The minimum Gasteiger partial charge on any atom is -0.505 e. The van der Waals surface area contributed by atoms with E-state index in [4.69, 9.17) is 0 Å². The van der Waals surface area contributed by atoms with E-state index in [1.165, 1.54) is 16.4 Å². The Morgan fingerprint density at radius 3 is 2.52 bits per heavy atom. The van der Waals surface area contributed by atoms with E-state index in [1.54, 1.807) is 24.3 Å². The van der Waals surface area contributed by atoms with Crippen LogP contribution in [0.25, 0.3) is 0 Å². The van der Waals surface area contributed by atoms with Crippen LogP contribution in [0.2, 0.25) is 0 Å². The van der Waals surface area contributed by atoms with Crippen molar-refractivity contribution in [1.29, 1.82) is 0 Å². The van der Waals surface area contributed by atoms with Gasteiger partial charge in [0.1, 0.15) is 5.69 Å². The molecule has 0 saturated heterocycles. The fraction of sp³-hybridized carbons (Fsp3) is 0.143. The molecule has 0 unspecified atom stereocenters. The van der Waals surface area contributed by atoms with E-state index in [1.807, 2.05) is 31.2 Å². The van der Waals surface area contributed by atoms with Crippen LogP contribution in [0, 0.1) is 6.92 Å². The Labute approximate surface area is 177 Å². The van der Waals surface area contributed by atoms with Crippen LogP contribution >= 0.6 is 15.9 Å². The van der Waals surface area contributed by atoms with Gasteiger partial charge in [-0.15, -0.1) is 5.11 Å². The summed E-state index contributed by atoms with van der Waals surface area (Å²) in [5.74, 6) is 0.00578. The lowest BCUT2D eigenvalue weighted by Crippen LogP contribution is -2.29. The molecular formula is C21H18BrN3O3S. The third-order valence-corrected chi connectivity index (χ3v) is 7.16. The van der Waals surface area contributed by atoms with Crippen molar-refractivity contribution >= 4 is 43.0 Å². The van der Waals surface area contributed by atoms with Gasteiger partial charge in [0.25, 0.3) is 10.0 Å². The SMILES string of the molecule is Cc1cc(Br)c(O)c(N=Nc2ccc(S(=O)(=O)N3CCc4ccccc43)cc2)c1. The molecule has 0 bridgehead atoms. The number of anilines is 1. The number of hydrogen-bond acceptors (Lipinski definition) is 5. The fourth-order valence-electron chi connectivity index (χ4n) is 3.27. The summed E-state index contributed by atoms with van der Waals surface area (Å²) >= 11 is 3.28. The summed E-state index contributed by atoms with van der Waals surface area (Å²) in [6.45, 7) is 2.32. The van der Waals surface area contributed by atoms with Crippen molar-refractivity contribution in [3.05, 3.63) is 76.3 Å². The molecule has 8 heteroatoms. The van der Waals surface area contributed by atoms with Crippen LogP contribution in [0.5, 0.6) is 5.75 Å². The third kappa shape index (κ3) is 3.77. The van der Waals surface area contributed by atoms with E-state index in [9.17, 15) is 13.5 Å². The molecule has 6 nitrogen and oxygen atoms in total. The highest BCUT2D eigenvalue weighted by atomic mass is 79.9. The molecule has 0 saturated carbocycles. The molecule has 0 aliphatic carbocycles. The number of aryl methyl sites for hydroxylation is 1. The van der Waals surface area contributed by atoms with Gasteiger partial charge in [-0.2, -0.15) is 5.11 Å². The Balaban J connectivity index is 1.59. The first kappa shape index (κ1) is 19.6. The summed E-state index contributed by atoms with van der Waals surface area (Å²) in [5.41, 5.74) is 3.52. The average Bonchev–Trinajstić information content (AvgIpc) is 3.15. The number of para-hydroxylation sites is 1. The molecule has 3 aromatic carbocycles. The zero-order valence-electron chi connectivity index (χ0n) is 15.6. The van der Waals surface area contributed by atoms with E-state index >= 15 is 0 Å². The quantitative estimate of drug-likeness (QED) is 0.500. The van der Waals surface area contributed by atoms with Crippen LogP contribution in [0.4, 0.5) is 17.1 Å². The summed E-state index contributed by atoms with van der Waals surface area (Å²) in [6.07, 6.45) is 0.706. The monoisotopic (exact) mass is 471 g/mol. The second-order valence-corrected chi connectivity index (χ2v) is 9.48. The molecule has 0 atom stereocenters. The van der Waals surface area contributed by atoms with E-state index < -0.39 is 10.0 Å². The molecule has 148 valence electrons. The van der Waals surface area contributed by atoms with Crippen molar-refractivity contribution in [2.75, 3.05) is 10.8 Å². The third-order valence-electron chi connectivity index (χ3n) is 4.73. The van der Waals surface area contributed by atoms with Gasteiger partial charge in [0.05, 0.1) is 20.7 Å². The maximum Gasteiger partial charge on any atom is 0.264 e. The van der Waals surface area contributed by atoms with Crippen molar-refractivity contribution in [3.8, 4) is 5.75 Å². The fourth-order valence-corrected chi connectivity index (χ4v) is 5.34. The van der Waals surface area contributed by atoms with Gasteiger partial charge in [-0.05, 0) is 82.9 Å². The van der Waals surface area contributed by atoms with Crippen LogP contribution < -0.4 is 4.31 Å². The van der Waals surface area contributed by atoms with Gasteiger partial charge < -0.3 is 5.11 Å². The van der Waals surface area contributed by atoms with Crippen LogP contribution in [0.15, 0.2) is 80.3 Å². The maximum atomic E-state index is 13.0. The number of benzene rings is 3. The molecule has 0 radical (unpaired) electrons. The second kappa shape index (κ2) is 7.61. The zero-order valence-corrected chi connectivity index (χ0v) is 18.0. The molecule has 1 aliphatic rings. The molecule has 3 aromatic rings. The van der Waals surface area contributed by atoms with Gasteiger partial charge in [0.15, 0.2) is 5.75 Å². The lowest BCUT2D eigenvalue weighted by molar-refractivity contribution is 0.473. The maximum absolute atomic E-state index is 13.0. The normalized spacial score (nSPS) is 13.8. The van der Waals surface area contributed by atoms with E-state index in [0.717, 1.165) is 16.8 Å². The van der Waals surface area contributed by atoms with Gasteiger partial charge in [-0.1, -0.05) is 18.2 Å². The second-order valence-electron chi connectivity index (χ2n) is 6.76. The number of phenolic OH excluding ortho intramolecular Hbond substituents is 1. The highest BCUT2D eigenvalue weighted by Crippen LogP contribution is 2.37. The van der Waals surface area contributed by atoms with E-state index in [0.29, 0.717) is 28.8 Å². The van der Waals surface area contributed by atoms with Crippen molar-refractivity contribution < 1.29 is 13.5 Å². The predicted molar refractivity (Wildman–Crippen MR) is 116 cm³/mol. The lowest BCUT2D eigenvalue weighted by Gasteiger charge is -2.19. The van der Waals surface area contributed by atoms with Gasteiger partial charge in [-0.25, -0.2) is 8.42 Å². The number of nitrogens with zero attached hydrogens (tertiary/aromatic N) is 3. The van der Waals surface area contributed by atoms with Crippen LogP contribution in [0.1, 0.15) is 11.1 Å². The van der Waals surface area contributed by atoms with Crippen LogP contribution in [0.3, 0.4) is 0 Å². The highest BCUT2D eigenvalue weighted by molar-refractivity contribution is 9.10. The molecule has 4 rings (SSSR count). The van der Waals surface area contributed by atoms with E-state index in [-0.39, 0.29) is 10.6 Å². The lowest BCUT2D eigenvalue weighted by atomic mass is 10.2. The first-order valence-corrected chi connectivity index (χ1v) is 11.2. The molecule has 0 spiro atoms. The number of rotatable bonds is 4. The average molecular weight is 472 g/mol. The molecule has 1 aliphatic heterocycles. The highest BCUT2D eigenvalue weighted by Gasteiger charge is 2.30. The molecule has 29 heavy (non-hydrogen) atoms. The number of fused-ring (bicyclic) bond motifs is 1. The van der Waals surface area contributed by atoms with Gasteiger partial charge >= 0.3 is 0 Å². The minimum atomic E-state index is -3.64. The Hall–Kier alpha value is -2.71. The molecular weight excluding hydrogens is 454 g/mol. The molecule has 1 N–H and O–H groups in total. The predicted octanol–water partition coefficient (Wildman–Crippen LogP) is 5.63. The van der Waals surface area contributed by atoms with Crippen molar-refractivity contribution in [2.24, 2.45) is 10.2 Å². The summed E-state index contributed by atoms with van der Waals surface area (Å²) in [7, 11) is -3.64. The van der Waals surface area contributed by atoms with Gasteiger partial charge in [0, 0.05) is 6.54 Å². The molecule has 0 aromatic heterocycles. The Kier molecular flexibility index (Phi) is 5.14. The topological polar surface area (TPSA) is 82.3 Å². The number of halogens is 1. The Morgan fingerprint density at radius 1 is 1.03 bits per heavy atom. The summed E-state index contributed by atoms with van der Waals surface area (Å²) in [4.78, 5) is 0.203. The standard InChI is InChI=1S/C21H18BrN3O3S/c1-14-12-18(22)21(26)19(13-14)24-23-16-6-8-17(9-7-16)29(27,28)25-11-10-15-4-2-3-5-20(15)25/h2-9,12-13,26H,10-11H2,1H3. The number of hydrogen-bond donors (Lipinski definition) is 1. The molecule has 0 amide bonds. The smallest absolute Gasteiger partial charge is 0.264 e. The minimum absolute atomic E-state index is 0.00578. The van der Waals surface area contributed by atoms with Crippen molar-refractivity contribution in [2.45, 2.75) is 18.2 Å². The van der Waals surface area contributed by atoms with E-state index in [2.05, 4.69) is 26.2 Å². The Bertz CT molecular complexity index is 1210. The zero-order chi connectivity index (χ0) is 20.6. The van der Waals surface area contributed by atoms with Crippen molar-refractivity contribution in [1.82, 2.24) is 0 Å². The summed E-state index contributed by atoms with van der Waals surface area (Å²) in [5, 5.41) is 18.3. The van der Waals surface area contributed by atoms with Crippen molar-refractivity contribution in [3.63, 3.8) is 0 Å². The first-order chi connectivity index (χ1) is 13.9. The first-order valence-electron chi connectivity index (χ1n) is 8.98. The summed E-state index contributed by atoms with van der Waals surface area (Å²) < 4.78 is 28.1. The number of azo groups is 1. The Morgan fingerprint density at radius 2 is 1.76 bits per heavy atom. The number of sulfonamides is 1. The van der Waals surface area contributed by atoms with Crippen LogP contribution in [-0.2, 0) is 16.4 Å². The molecule has 0 fully saturated rings. The largest absolute Gasteiger partial charge is 0.505 e. The van der Waals surface area contributed by atoms with Gasteiger partial charge in [-0.3, -0.25) is 4.31 Å².